The van der Waals surface area contributed by atoms with E-state index < -0.39 is 27.9 Å². The highest BCUT2D eigenvalue weighted by atomic mass is 32.2. The predicted octanol–water partition coefficient (Wildman–Crippen LogP) is 1.68. The smallest absolute Gasteiger partial charge is 0.403 e. The summed E-state index contributed by atoms with van der Waals surface area (Å²) < 4.78 is 55.2. The van der Waals surface area contributed by atoms with E-state index in [2.05, 4.69) is 8.92 Å². The Morgan fingerprint density at radius 3 is 2.35 bits per heavy atom. The molecule has 0 aliphatic heterocycles. The molecule has 102 valence electrons. The van der Waals surface area contributed by atoms with Crippen molar-refractivity contribution >= 4 is 16.1 Å². The lowest BCUT2D eigenvalue weighted by atomic mass is 10.2. The van der Waals surface area contributed by atoms with Crippen LogP contribution in [0.2, 0.25) is 0 Å². The van der Waals surface area contributed by atoms with Crippen molar-refractivity contribution in [2.45, 2.75) is 37.9 Å². The standard InChI is InChI=1S/C9H16F2O5S/c1-3-4-5-6-8(12)16-7-9(10,11)17(13,14)15-2/h3-7H2,1-2H3. The number of hydrogen-bond acceptors (Lipinski definition) is 5. The molecular formula is C9H16F2O5S. The summed E-state index contributed by atoms with van der Waals surface area (Å²) in [5.41, 5.74) is 0. The van der Waals surface area contributed by atoms with Crippen LogP contribution in [0.15, 0.2) is 0 Å². The van der Waals surface area contributed by atoms with Crippen molar-refractivity contribution in [3.63, 3.8) is 0 Å². The van der Waals surface area contributed by atoms with Gasteiger partial charge in [0.25, 0.3) is 0 Å². The van der Waals surface area contributed by atoms with Crippen LogP contribution >= 0.6 is 0 Å². The maximum atomic E-state index is 13.0. The molecular weight excluding hydrogens is 258 g/mol. The number of rotatable bonds is 8. The fraction of sp³-hybridized carbons (Fsp3) is 0.889. The average Bonchev–Trinajstić information content (AvgIpc) is 2.26. The van der Waals surface area contributed by atoms with Gasteiger partial charge in [0.05, 0.1) is 7.11 Å². The van der Waals surface area contributed by atoms with Crippen LogP contribution in [0.5, 0.6) is 0 Å². The maximum Gasteiger partial charge on any atom is 0.403 e. The Morgan fingerprint density at radius 1 is 1.29 bits per heavy atom. The Hall–Kier alpha value is -0.760. The maximum absolute atomic E-state index is 13.0. The van der Waals surface area contributed by atoms with Crippen LogP contribution in [0.1, 0.15) is 32.6 Å². The zero-order valence-electron chi connectivity index (χ0n) is 9.74. The summed E-state index contributed by atoms with van der Waals surface area (Å²) in [5.74, 6) is -0.843. The van der Waals surface area contributed by atoms with Gasteiger partial charge in [-0.2, -0.15) is 17.2 Å². The molecule has 0 N–H and O–H groups in total. The van der Waals surface area contributed by atoms with E-state index in [4.69, 9.17) is 0 Å². The molecule has 0 fully saturated rings. The summed E-state index contributed by atoms with van der Waals surface area (Å²) in [5, 5.41) is -4.22. The Balaban J connectivity index is 4.15. The molecule has 0 aromatic heterocycles. The van der Waals surface area contributed by atoms with Gasteiger partial charge in [0, 0.05) is 6.42 Å². The fourth-order valence-electron chi connectivity index (χ4n) is 0.950. The summed E-state index contributed by atoms with van der Waals surface area (Å²) in [6.45, 7) is 0.402. The zero-order chi connectivity index (χ0) is 13.5. The normalized spacial score (nSPS) is 12.5. The lowest BCUT2D eigenvalue weighted by molar-refractivity contribution is -0.149. The van der Waals surface area contributed by atoms with Gasteiger partial charge in [0.2, 0.25) is 0 Å². The van der Waals surface area contributed by atoms with E-state index in [9.17, 15) is 22.0 Å². The summed E-state index contributed by atoms with van der Waals surface area (Å²) in [4.78, 5) is 11.0. The van der Waals surface area contributed by atoms with Gasteiger partial charge in [-0.3, -0.25) is 8.98 Å². The highest BCUT2D eigenvalue weighted by Crippen LogP contribution is 2.23. The largest absolute Gasteiger partial charge is 0.458 e. The van der Waals surface area contributed by atoms with Crippen LogP contribution in [0.4, 0.5) is 8.78 Å². The van der Waals surface area contributed by atoms with Crippen molar-refractivity contribution in [2.75, 3.05) is 13.7 Å². The number of carbonyl (C=O) groups excluding carboxylic acids is 1. The SMILES string of the molecule is CCCCCC(=O)OCC(F)(F)S(=O)(=O)OC. The van der Waals surface area contributed by atoms with Crippen LogP contribution in [-0.4, -0.2) is 33.4 Å². The molecule has 17 heavy (non-hydrogen) atoms. The molecule has 0 unspecified atom stereocenters. The van der Waals surface area contributed by atoms with Gasteiger partial charge in [0.15, 0.2) is 6.61 Å². The molecule has 0 saturated carbocycles. The number of halogens is 2. The Bertz CT molecular complexity index is 339. The van der Waals surface area contributed by atoms with Gasteiger partial charge < -0.3 is 4.74 Å². The minimum atomic E-state index is -5.03. The molecule has 0 spiro atoms. The number of unbranched alkanes of at least 4 members (excludes halogenated alkanes) is 2. The quantitative estimate of drug-likeness (QED) is 0.382. The molecule has 0 atom stereocenters. The molecule has 0 heterocycles. The zero-order valence-corrected chi connectivity index (χ0v) is 10.6. The Labute approximate surface area is 99.2 Å². The van der Waals surface area contributed by atoms with E-state index in [1.807, 2.05) is 6.92 Å². The van der Waals surface area contributed by atoms with E-state index in [1.54, 1.807) is 0 Å². The van der Waals surface area contributed by atoms with Crippen LogP contribution in [0, 0.1) is 0 Å². The molecule has 5 nitrogen and oxygen atoms in total. The third-order valence-electron chi connectivity index (χ3n) is 1.97. The van der Waals surface area contributed by atoms with Gasteiger partial charge in [-0.05, 0) is 6.42 Å². The van der Waals surface area contributed by atoms with E-state index >= 15 is 0 Å². The molecule has 8 heteroatoms. The minimum absolute atomic E-state index is 0.00303. The summed E-state index contributed by atoms with van der Waals surface area (Å²) in [7, 11) is -4.41. The van der Waals surface area contributed by atoms with E-state index in [1.165, 1.54) is 0 Å². The molecule has 0 bridgehead atoms. The van der Waals surface area contributed by atoms with Gasteiger partial charge >= 0.3 is 21.3 Å². The second-order valence-corrected chi connectivity index (χ2v) is 5.21. The van der Waals surface area contributed by atoms with Crippen LogP contribution in [0.3, 0.4) is 0 Å². The molecule has 0 aromatic rings. The first kappa shape index (κ1) is 16.2. The van der Waals surface area contributed by atoms with Crippen molar-refractivity contribution in [2.24, 2.45) is 0 Å². The lowest BCUT2D eigenvalue weighted by Gasteiger charge is -2.14. The number of esters is 1. The Morgan fingerprint density at radius 2 is 1.88 bits per heavy atom. The van der Waals surface area contributed by atoms with Crippen molar-refractivity contribution in [3.8, 4) is 0 Å². The number of carbonyl (C=O) groups is 1. The van der Waals surface area contributed by atoms with Gasteiger partial charge in [0.1, 0.15) is 0 Å². The molecule has 0 aliphatic rings. The van der Waals surface area contributed by atoms with Crippen LogP contribution in [0.25, 0.3) is 0 Å². The van der Waals surface area contributed by atoms with Crippen LogP contribution < -0.4 is 0 Å². The summed E-state index contributed by atoms with van der Waals surface area (Å²) in [6, 6.07) is 0. The predicted molar refractivity (Wildman–Crippen MR) is 56.0 cm³/mol. The average molecular weight is 274 g/mol. The van der Waals surface area contributed by atoms with E-state index in [0.29, 0.717) is 13.5 Å². The minimum Gasteiger partial charge on any atom is -0.458 e. The first-order valence-electron chi connectivity index (χ1n) is 5.10. The molecule has 0 saturated heterocycles. The number of alkyl halides is 2. The topological polar surface area (TPSA) is 69.7 Å². The monoisotopic (exact) mass is 274 g/mol. The first-order chi connectivity index (χ1) is 7.77. The van der Waals surface area contributed by atoms with E-state index in [-0.39, 0.29) is 6.42 Å². The van der Waals surface area contributed by atoms with Gasteiger partial charge in [-0.15, -0.1) is 0 Å². The van der Waals surface area contributed by atoms with Crippen LogP contribution in [-0.2, 0) is 23.8 Å². The van der Waals surface area contributed by atoms with E-state index in [0.717, 1.165) is 12.8 Å². The highest BCUT2D eigenvalue weighted by Gasteiger charge is 2.47. The number of hydrogen-bond donors (Lipinski definition) is 0. The van der Waals surface area contributed by atoms with Gasteiger partial charge in [-0.1, -0.05) is 19.8 Å². The van der Waals surface area contributed by atoms with Crippen molar-refractivity contribution in [3.05, 3.63) is 0 Å². The summed E-state index contributed by atoms with van der Waals surface area (Å²) >= 11 is 0. The summed E-state index contributed by atoms with van der Waals surface area (Å²) in [6.07, 6.45) is 2.18. The molecule has 0 amide bonds. The van der Waals surface area contributed by atoms with Crippen molar-refractivity contribution < 1.29 is 30.9 Å². The fourth-order valence-corrected chi connectivity index (χ4v) is 1.40. The lowest BCUT2D eigenvalue weighted by Crippen LogP contribution is -2.35. The highest BCUT2D eigenvalue weighted by molar-refractivity contribution is 7.87. The molecule has 0 aromatic carbocycles. The second-order valence-electron chi connectivity index (χ2n) is 3.38. The second kappa shape index (κ2) is 6.85. The first-order valence-corrected chi connectivity index (χ1v) is 6.51. The molecule has 0 aliphatic carbocycles. The van der Waals surface area contributed by atoms with Crippen molar-refractivity contribution in [1.82, 2.24) is 0 Å². The molecule has 0 rings (SSSR count). The Kier molecular flexibility index (Phi) is 6.54. The van der Waals surface area contributed by atoms with Crippen molar-refractivity contribution in [1.29, 1.82) is 0 Å². The number of ether oxygens (including phenoxy) is 1. The third-order valence-corrected chi connectivity index (χ3v) is 3.26. The van der Waals surface area contributed by atoms with Gasteiger partial charge in [-0.25, -0.2) is 0 Å². The third kappa shape index (κ3) is 5.40. The molecule has 0 radical (unpaired) electrons.